The minimum atomic E-state index is -0.475. The Labute approximate surface area is 144 Å². The predicted octanol–water partition coefficient (Wildman–Crippen LogP) is 3.34. The van der Waals surface area contributed by atoms with E-state index < -0.39 is 16.7 Å². The van der Waals surface area contributed by atoms with Crippen molar-refractivity contribution in [3.8, 4) is 0 Å². The summed E-state index contributed by atoms with van der Waals surface area (Å²) in [6.45, 7) is 1.75. The Morgan fingerprint density at radius 2 is 2.00 bits per heavy atom. The van der Waals surface area contributed by atoms with Crippen molar-refractivity contribution >= 4 is 17.3 Å². The maximum atomic E-state index is 12.8. The van der Waals surface area contributed by atoms with Crippen LogP contribution >= 0.6 is 0 Å². The minimum Gasteiger partial charge on any atom is -0.462 e. The van der Waals surface area contributed by atoms with Gasteiger partial charge in [-0.3, -0.25) is 10.1 Å². The van der Waals surface area contributed by atoms with Gasteiger partial charge in [0.1, 0.15) is 5.82 Å². The first kappa shape index (κ1) is 16.9. The molecule has 0 saturated carbocycles. The summed E-state index contributed by atoms with van der Waals surface area (Å²) in [5, 5.41) is 10.8. The van der Waals surface area contributed by atoms with Gasteiger partial charge in [0.05, 0.1) is 17.1 Å². The van der Waals surface area contributed by atoms with E-state index in [9.17, 15) is 19.3 Å². The van der Waals surface area contributed by atoms with Gasteiger partial charge in [0, 0.05) is 30.9 Å². The lowest BCUT2D eigenvalue weighted by atomic mass is 10.1. The van der Waals surface area contributed by atoms with Crippen molar-refractivity contribution in [2.24, 2.45) is 0 Å². The van der Waals surface area contributed by atoms with Gasteiger partial charge in [0.25, 0.3) is 5.69 Å². The van der Waals surface area contributed by atoms with Gasteiger partial charge >= 0.3 is 5.97 Å². The highest BCUT2D eigenvalue weighted by Crippen LogP contribution is 2.31. The van der Waals surface area contributed by atoms with Crippen LogP contribution in [0.15, 0.2) is 42.5 Å². The Morgan fingerprint density at radius 3 is 2.72 bits per heavy atom. The molecular formula is C18H17FN2O4. The number of carbonyl (C=O) groups is 1. The summed E-state index contributed by atoms with van der Waals surface area (Å²) in [4.78, 5) is 24.4. The van der Waals surface area contributed by atoms with Gasteiger partial charge in [-0.15, -0.1) is 0 Å². The minimum absolute atomic E-state index is 0.105. The number of non-ortho nitro benzene ring substituents is 1. The van der Waals surface area contributed by atoms with Crippen molar-refractivity contribution in [3.05, 3.63) is 69.5 Å². The first-order valence-electron chi connectivity index (χ1n) is 7.99. The molecule has 3 rings (SSSR count). The molecule has 1 aliphatic rings. The van der Waals surface area contributed by atoms with E-state index in [0.717, 1.165) is 24.2 Å². The fourth-order valence-corrected chi connectivity index (χ4v) is 2.89. The average molecular weight is 344 g/mol. The summed E-state index contributed by atoms with van der Waals surface area (Å²) in [5.74, 6) is -0.873. The Bertz CT molecular complexity index is 792. The zero-order valence-corrected chi connectivity index (χ0v) is 13.5. The average Bonchev–Trinajstić information content (AvgIpc) is 3.01. The molecule has 0 amide bonds. The number of halogens is 1. The molecule has 1 heterocycles. The van der Waals surface area contributed by atoms with Gasteiger partial charge < -0.3 is 9.64 Å². The number of rotatable bonds is 6. The van der Waals surface area contributed by atoms with Gasteiger partial charge in [-0.05, 0) is 48.7 Å². The monoisotopic (exact) mass is 344 g/mol. The zero-order valence-electron chi connectivity index (χ0n) is 13.5. The lowest BCUT2D eigenvalue weighted by Gasteiger charge is -2.19. The van der Waals surface area contributed by atoms with Crippen LogP contribution in [0.1, 0.15) is 22.3 Å². The molecule has 0 aliphatic carbocycles. The first-order valence-corrected chi connectivity index (χ1v) is 7.99. The Kier molecular flexibility index (Phi) is 4.92. The number of hydrogen-bond acceptors (Lipinski definition) is 5. The lowest BCUT2D eigenvalue weighted by Crippen LogP contribution is -2.23. The SMILES string of the molecule is O=C(OCCCN1CCc2cc([N+](=O)[O-])ccc21)c1ccc(F)cc1. The summed E-state index contributed by atoms with van der Waals surface area (Å²) in [7, 11) is 0. The molecule has 2 aromatic carbocycles. The highest BCUT2D eigenvalue weighted by molar-refractivity contribution is 5.89. The van der Waals surface area contributed by atoms with Gasteiger partial charge in [-0.25, -0.2) is 9.18 Å². The number of carbonyl (C=O) groups excluding carboxylic acids is 1. The third-order valence-electron chi connectivity index (χ3n) is 4.15. The zero-order chi connectivity index (χ0) is 17.8. The molecular weight excluding hydrogens is 327 g/mol. The Hall–Kier alpha value is -2.96. The van der Waals surface area contributed by atoms with E-state index in [4.69, 9.17) is 4.74 Å². The van der Waals surface area contributed by atoms with E-state index in [0.29, 0.717) is 18.5 Å². The van der Waals surface area contributed by atoms with E-state index >= 15 is 0 Å². The topological polar surface area (TPSA) is 72.7 Å². The predicted molar refractivity (Wildman–Crippen MR) is 90.3 cm³/mol. The van der Waals surface area contributed by atoms with Crippen LogP contribution in [0.3, 0.4) is 0 Å². The standard InChI is InChI=1S/C18H17FN2O4/c19-15-4-2-13(3-5-15)18(22)25-11-1-9-20-10-8-14-12-16(21(23)24)6-7-17(14)20/h2-7,12H,1,8-11H2. The van der Waals surface area contributed by atoms with Crippen LogP contribution in [0.5, 0.6) is 0 Å². The molecule has 0 aromatic heterocycles. The van der Waals surface area contributed by atoms with Crippen molar-refractivity contribution < 1.29 is 18.8 Å². The van der Waals surface area contributed by atoms with Gasteiger partial charge in [-0.1, -0.05) is 0 Å². The molecule has 0 saturated heterocycles. The number of hydrogen-bond donors (Lipinski definition) is 0. The number of nitrogens with zero attached hydrogens (tertiary/aromatic N) is 2. The van der Waals surface area contributed by atoms with Crippen LogP contribution in [0.25, 0.3) is 0 Å². The molecule has 1 aliphatic heterocycles. The van der Waals surface area contributed by atoms with Crippen LogP contribution in [-0.2, 0) is 11.2 Å². The Balaban J connectivity index is 1.48. The highest BCUT2D eigenvalue weighted by atomic mass is 19.1. The largest absolute Gasteiger partial charge is 0.462 e. The summed E-state index contributed by atoms with van der Waals surface area (Å²) in [6.07, 6.45) is 1.41. The lowest BCUT2D eigenvalue weighted by molar-refractivity contribution is -0.384. The summed E-state index contributed by atoms with van der Waals surface area (Å²) < 4.78 is 18.0. The molecule has 0 unspecified atom stereocenters. The molecule has 6 nitrogen and oxygen atoms in total. The molecule has 0 fully saturated rings. The Morgan fingerprint density at radius 1 is 1.24 bits per heavy atom. The number of ether oxygens (including phenoxy) is 1. The number of nitro benzene ring substituents is 1. The first-order chi connectivity index (χ1) is 12.0. The van der Waals surface area contributed by atoms with Crippen molar-refractivity contribution in [3.63, 3.8) is 0 Å². The smallest absolute Gasteiger partial charge is 0.338 e. The number of anilines is 1. The normalized spacial score (nSPS) is 12.8. The number of nitro groups is 1. The molecule has 25 heavy (non-hydrogen) atoms. The highest BCUT2D eigenvalue weighted by Gasteiger charge is 2.21. The second-order valence-electron chi connectivity index (χ2n) is 5.80. The third-order valence-corrected chi connectivity index (χ3v) is 4.15. The summed E-state index contributed by atoms with van der Waals surface area (Å²) >= 11 is 0. The van der Waals surface area contributed by atoms with E-state index in [1.54, 1.807) is 12.1 Å². The second kappa shape index (κ2) is 7.29. The van der Waals surface area contributed by atoms with Crippen molar-refractivity contribution in [1.82, 2.24) is 0 Å². The molecule has 0 N–H and O–H groups in total. The van der Waals surface area contributed by atoms with E-state index in [1.807, 2.05) is 0 Å². The maximum Gasteiger partial charge on any atom is 0.338 e. The van der Waals surface area contributed by atoms with Crippen molar-refractivity contribution in [2.45, 2.75) is 12.8 Å². The molecule has 0 atom stereocenters. The quantitative estimate of drug-likeness (QED) is 0.348. The fourth-order valence-electron chi connectivity index (χ4n) is 2.89. The molecule has 130 valence electrons. The molecule has 7 heteroatoms. The fraction of sp³-hybridized carbons (Fsp3) is 0.278. The van der Waals surface area contributed by atoms with Gasteiger partial charge in [0.15, 0.2) is 0 Å². The summed E-state index contributed by atoms with van der Waals surface area (Å²) in [6, 6.07) is 10.1. The van der Waals surface area contributed by atoms with E-state index in [2.05, 4.69) is 4.90 Å². The van der Waals surface area contributed by atoms with Gasteiger partial charge in [0.2, 0.25) is 0 Å². The molecule has 0 radical (unpaired) electrons. The van der Waals surface area contributed by atoms with Crippen molar-refractivity contribution in [2.75, 3.05) is 24.6 Å². The van der Waals surface area contributed by atoms with Crippen LogP contribution in [0, 0.1) is 15.9 Å². The van der Waals surface area contributed by atoms with Gasteiger partial charge in [-0.2, -0.15) is 0 Å². The second-order valence-corrected chi connectivity index (χ2v) is 5.80. The molecule has 2 aromatic rings. The number of esters is 1. The number of fused-ring (bicyclic) bond motifs is 1. The molecule has 0 bridgehead atoms. The van der Waals surface area contributed by atoms with E-state index in [-0.39, 0.29) is 12.3 Å². The maximum absolute atomic E-state index is 12.8. The third kappa shape index (κ3) is 3.93. The van der Waals surface area contributed by atoms with E-state index in [1.165, 1.54) is 30.3 Å². The van der Waals surface area contributed by atoms with Crippen LogP contribution in [-0.4, -0.2) is 30.6 Å². The molecule has 0 spiro atoms. The van der Waals surface area contributed by atoms with Crippen LogP contribution in [0.4, 0.5) is 15.8 Å². The van der Waals surface area contributed by atoms with Crippen LogP contribution in [0.2, 0.25) is 0 Å². The summed E-state index contributed by atoms with van der Waals surface area (Å²) in [5.41, 5.74) is 2.39. The number of benzene rings is 2. The van der Waals surface area contributed by atoms with Crippen LogP contribution < -0.4 is 4.90 Å². The van der Waals surface area contributed by atoms with Crippen molar-refractivity contribution in [1.29, 1.82) is 0 Å².